The van der Waals surface area contributed by atoms with E-state index in [0.29, 0.717) is 0 Å². The first-order valence-electron chi connectivity index (χ1n) is 12.0. The Labute approximate surface area is 214 Å². The van der Waals surface area contributed by atoms with Crippen molar-refractivity contribution in [2.45, 2.75) is 64.4 Å². The number of aromatic nitrogens is 2. The van der Waals surface area contributed by atoms with Gasteiger partial charge in [0.2, 0.25) is 0 Å². The number of nitrogens with zero attached hydrogens (tertiary/aromatic N) is 1. The van der Waals surface area contributed by atoms with Gasteiger partial charge in [-0.25, -0.2) is 8.96 Å². The van der Waals surface area contributed by atoms with E-state index in [0.717, 1.165) is 4.57 Å². The Morgan fingerprint density at radius 3 is 2.69 bits per heavy atom. The highest BCUT2D eigenvalue weighted by Crippen LogP contribution is 2.46. The lowest BCUT2D eigenvalue weighted by atomic mass is 10.1. The van der Waals surface area contributed by atoms with Gasteiger partial charge in [0, 0.05) is 11.8 Å². The molecule has 2 aromatic rings. The number of nitrogens with one attached hydrogen (secondary N) is 2. The number of carbonyl (C=O) groups excluding carboxylic acids is 1. The monoisotopic (exact) mass is 547 g/mol. The summed E-state index contributed by atoms with van der Waals surface area (Å²) in [6.45, 7) is 2.84. The first-order chi connectivity index (χ1) is 17.6. The molecule has 0 bridgehead atoms. The van der Waals surface area contributed by atoms with Gasteiger partial charge >= 0.3 is 13.7 Å². The maximum atomic E-state index is 15.1. The highest BCUT2D eigenvalue weighted by Gasteiger charge is 2.47. The molecule has 0 spiro atoms. The number of carbonyl (C=O) groups is 1. The number of ether oxygens (including phenoxy) is 2. The van der Waals surface area contributed by atoms with E-state index in [4.69, 9.17) is 33.5 Å². The molecule has 0 aliphatic carbocycles. The minimum Gasteiger partial charge on any atom is -0.462 e. The van der Waals surface area contributed by atoms with Crippen LogP contribution in [0, 0.1) is 11.7 Å². The number of hydrogen-bond acceptors (Lipinski definition) is 9. The third-order valence-electron chi connectivity index (χ3n) is 4.93. The van der Waals surface area contributed by atoms with Crippen molar-refractivity contribution in [2.24, 2.45) is 0 Å². The molecule has 1 saturated heterocycles. The molecule has 3 rings (SSSR count). The van der Waals surface area contributed by atoms with Gasteiger partial charge in [0.25, 0.3) is 5.56 Å². The summed E-state index contributed by atoms with van der Waals surface area (Å²) in [5.41, 5.74) is -0.343. The van der Waals surface area contributed by atoms with Crippen LogP contribution in [0.4, 0.5) is 4.39 Å². The number of hydrogen-bond donors (Lipinski definition) is 3. The van der Waals surface area contributed by atoms with Crippen LogP contribution < -0.4 is 15.2 Å². The number of aryl methyl sites for hydroxylation is 1. The Morgan fingerprint density at radius 2 is 2.06 bits per heavy atom. The molecule has 3 N–H and O–H groups in total. The maximum Gasteiger partial charge on any atom is 0.459 e. The lowest BCUT2D eigenvalue weighted by Gasteiger charge is -2.25. The van der Waals surface area contributed by atoms with Gasteiger partial charge in [-0.1, -0.05) is 18.2 Å². The lowest BCUT2D eigenvalue weighted by molar-refractivity contribution is -0.149. The van der Waals surface area contributed by atoms with Gasteiger partial charge in [-0.2, -0.15) is 5.09 Å². The normalized spacial score (nSPS) is 25.5. The highest BCUT2D eigenvalue weighted by molar-refractivity contribution is 7.71. The topological polar surface area (TPSA) is 141 Å². The number of halogens is 1. The fourth-order valence-corrected chi connectivity index (χ4v) is 4.78. The van der Waals surface area contributed by atoms with Crippen LogP contribution in [0.5, 0.6) is 5.75 Å². The van der Waals surface area contributed by atoms with Gasteiger partial charge in [0.15, 0.2) is 17.2 Å². The molecule has 1 aliphatic heterocycles. The zero-order chi connectivity index (χ0) is 28.4. The van der Waals surface area contributed by atoms with Crippen LogP contribution >= 0.6 is 20.0 Å². The summed E-state index contributed by atoms with van der Waals surface area (Å²) in [6, 6.07) is 6.33. The lowest BCUT2D eigenvalue weighted by Crippen LogP contribution is -2.37. The number of aromatic amines is 1. The van der Waals surface area contributed by atoms with Gasteiger partial charge < -0.3 is 19.1 Å². The smallest absolute Gasteiger partial charge is 0.459 e. The zero-order valence-electron chi connectivity index (χ0n) is 21.9. The molecule has 1 aromatic heterocycles. The fourth-order valence-electron chi connectivity index (χ4n) is 3.17. The summed E-state index contributed by atoms with van der Waals surface area (Å²) >= 11 is 5.06. The molecule has 0 radical (unpaired) electrons. The van der Waals surface area contributed by atoms with E-state index < -0.39 is 62.6 Å². The summed E-state index contributed by atoms with van der Waals surface area (Å²) in [6.07, 6.45) is -7.26. The molecule has 198 valence electrons. The first-order valence-corrected chi connectivity index (χ1v) is 12.9. The molecule has 1 fully saturated rings. The van der Waals surface area contributed by atoms with Gasteiger partial charge in [0.1, 0.15) is 24.0 Å². The quantitative estimate of drug-likeness (QED) is 0.231. The molecule has 1 aliphatic rings. The number of rotatable bonds is 10. The molecular formula is C22H29FN3O8PS. The van der Waals surface area contributed by atoms with Crippen molar-refractivity contribution in [3.63, 3.8) is 0 Å². The average molecular weight is 548 g/mol. The number of para-hydroxylation sites is 1. The molecule has 2 unspecified atom stereocenters. The van der Waals surface area contributed by atoms with Crippen molar-refractivity contribution in [1.29, 1.82) is 0 Å². The largest absolute Gasteiger partial charge is 0.462 e. The minimum atomic E-state index is -4.74. The van der Waals surface area contributed by atoms with Gasteiger partial charge in [-0.05, 0) is 52.0 Å². The molecule has 6 atom stereocenters. The first kappa shape index (κ1) is 25.2. The molecular weight excluding hydrogens is 516 g/mol. The van der Waals surface area contributed by atoms with E-state index in [1.807, 2.05) is 0 Å². The Kier molecular flexibility index (Phi) is 8.25. The molecule has 0 saturated carbocycles. The van der Waals surface area contributed by atoms with Crippen molar-refractivity contribution in [1.82, 2.24) is 14.6 Å². The molecule has 0 amide bonds. The number of aliphatic hydroxyl groups is 1. The van der Waals surface area contributed by atoms with Crippen molar-refractivity contribution in [3.8, 4) is 5.75 Å². The third-order valence-corrected chi connectivity index (χ3v) is 6.74. The molecule has 1 aromatic carbocycles. The Hall–Kier alpha value is -2.41. The number of H-pyrrole nitrogens is 1. The van der Waals surface area contributed by atoms with Crippen molar-refractivity contribution < 1.29 is 40.1 Å². The van der Waals surface area contributed by atoms with E-state index in [1.54, 1.807) is 32.0 Å². The Morgan fingerprint density at radius 1 is 1.39 bits per heavy atom. The van der Waals surface area contributed by atoms with Gasteiger partial charge in [-0.15, -0.1) is 0 Å². The second-order valence-electron chi connectivity index (χ2n) is 8.31. The predicted octanol–water partition coefficient (Wildman–Crippen LogP) is 2.94. The molecule has 11 nitrogen and oxygen atoms in total. The Balaban J connectivity index is 1.90. The SMILES string of the molecule is [2H]C([2H])(OP(=O)(N[C@@H](C)C(=O)OC(C)C)Oc1ccccc1)[C@@H]1O[C@H](n2cc(C)c(=O)[nH]c2=S)[C@H](F)C1O. The summed E-state index contributed by atoms with van der Waals surface area (Å²) < 4.78 is 67.7. The number of aliphatic hydroxyl groups excluding tert-OH is 1. The molecule has 2 heterocycles. The minimum absolute atomic E-state index is 0.00714. The predicted molar refractivity (Wildman–Crippen MR) is 130 cm³/mol. The highest BCUT2D eigenvalue weighted by atomic mass is 32.1. The number of benzene rings is 1. The van der Waals surface area contributed by atoms with E-state index in [9.17, 15) is 19.3 Å². The van der Waals surface area contributed by atoms with Gasteiger partial charge in [-0.3, -0.25) is 23.7 Å². The van der Waals surface area contributed by atoms with Crippen LogP contribution in [0.2, 0.25) is 0 Å². The average Bonchev–Trinajstić information content (AvgIpc) is 3.11. The summed E-state index contributed by atoms with van der Waals surface area (Å²) in [5.74, 6) is -0.808. The zero-order valence-corrected chi connectivity index (χ0v) is 21.6. The van der Waals surface area contributed by atoms with Crippen LogP contribution in [0.25, 0.3) is 0 Å². The van der Waals surface area contributed by atoms with Crippen molar-refractivity contribution in [2.75, 3.05) is 6.56 Å². The molecule has 14 heteroatoms. The van der Waals surface area contributed by atoms with Gasteiger partial charge in [0.05, 0.1) is 15.4 Å². The van der Waals surface area contributed by atoms with E-state index in [1.165, 1.54) is 32.2 Å². The third kappa shape index (κ3) is 6.87. The van der Waals surface area contributed by atoms with Crippen molar-refractivity contribution >= 4 is 25.9 Å². The Bertz CT molecular complexity index is 1310. The van der Waals surface area contributed by atoms with E-state index in [-0.39, 0.29) is 16.1 Å². The number of esters is 1. The second-order valence-corrected chi connectivity index (χ2v) is 10.3. The van der Waals surface area contributed by atoms with Crippen LogP contribution in [0.15, 0.2) is 41.3 Å². The second kappa shape index (κ2) is 11.8. The number of alkyl halides is 1. The van der Waals surface area contributed by atoms with Crippen LogP contribution in [0.1, 0.15) is 35.3 Å². The van der Waals surface area contributed by atoms with Crippen molar-refractivity contribution in [3.05, 3.63) is 57.2 Å². The van der Waals surface area contributed by atoms with Crippen LogP contribution in [0.3, 0.4) is 0 Å². The summed E-state index contributed by atoms with van der Waals surface area (Å²) in [5, 5.41) is 12.9. The van der Waals surface area contributed by atoms with E-state index >= 15 is 4.39 Å². The van der Waals surface area contributed by atoms with Crippen LogP contribution in [-0.2, 0) is 23.4 Å². The van der Waals surface area contributed by atoms with Crippen LogP contribution in [-0.4, -0.2) is 57.7 Å². The summed E-state index contributed by atoms with van der Waals surface area (Å²) in [4.78, 5) is 26.4. The summed E-state index contributed by atoms with van der Waals surface area (Å²) in [7, 11) is -4.74. The fraction of sp³-hybridized carbons (Fsp3) is 0.500. The molecule has 36 heavy (non-hydrogen) atoms. The maximum absolute atomic E-state index is 15.1. The standard InChI is InChI=1S/C22H29FN3O8PS/c1-12(2)32-21(29)14(4)25-35(30,34-15-8-6-5-7-9-15)31-11-16-18(27)17(23)20(33-16)26-10-13(3)19(28)24-22(26)36/h5-10,12,14,16-18,20,27H,11H2,1-4H3,(H,25,30)(H,24,28,36)/t14-,16-,17+,18?,20-,35?/m0/s1/i11D2. The van der Waals surface area contributed by atoms with E-state index in [2.05, 4.69) is 10.1 Å².